The molecule has 3 nitrogen and oxygen atoms in total. The number of alkyl halides is 5. The van der Waals surface area contributed by atoms with Gasteiger partial charge in [-0.15, -0.1) is 12.4 Å². The first kappa shape index (κ1) is 18.7. The highest BCUT2D eigenvalue weighted by molar-refractivity contribution is 5.85. The molecule has 9 heteroatoms. The van der Waals surface area contributed by atoms with Crippen molar-refractivity contribution in [3.05, 3.63) is 23.8 Å². The molecule has 1 aromatic rings. The Hall–Kier alpha value is -1.28. The molecule has 0 amide bonds. The molecule has 0 heterocycles. The van der Waals surface area contributed by atoms with Crippen molar-refractivity contribution in [3.63, 3.8) is 0 Å². The lowest BCUT2D eigenvalue weighted by Crippen LogP contribution is -2.45. The summed E-state index contributed by atoms with van der Waals surface area (Å²) >= 11 is 0. The lowest BCUT2D eigenvalue weighted by atomic mass is 9.99. The summed E-state index contributed by atoms with van der Waals surface area (Å²) in [4.78, 5) is 0. The lowest BCUT2D eigenvalue weighted by molar-refractivity contribution is -0.291. The van der Waals surface area contributed by atoms with Crippen LogP contribution in [0.25, 0.3) is 0 Å². The van der Waals surface area contributed by atoms with Crippen LogP contribution < -0.4 is 15.2 Å². The van der Waals surface area contributed by atoms with Gasteiger partial charge in [-0.25, -0.2) is 0 Å². The molecule has 1 atom stereocenters. The van der Waals surface area contributed by atoms with Crippen molar-refractivity contribution in [1.29, 1.82) is 0 Å². The van der Waals surface area contributed by atoms with Crippen molar-refractivity contribution in [3.8, 4) is 11.5 Å². The zero-order valence-electron chi connectivity index (χ0n) is 10.5. The van der Waals surface area contributed by atoms with E-state index in [2.05, 4.69) is 0 Å². The van der Waals surface area contributed by atoms with E-state index in [9.17, 15) is 22.0 Å². The van der Waals surface area contributed by atoms with Crippen molar-refractivity contribution in [1.82, 2.24) is 0 Å². The molecule has 0 aliphatic rings. The van der Waals surface area contributed by atoms with E-state index in [0.717, 1.165) is 13.2 Å². The predicted octanol–water partition coefficient (Wildman–Crippen LogP) is 3.32. The Labute approximate surface area is 118 Å². The third-order valence-corrected chi connectivity index (χ3v) is 2.54. The van der Waals surface area contributed by atoms with E-state index in [1.165, 1.54) is 19.2 Å². The van der Waals surface area contributed by atoms with E-state index < -0.39 is 23.7 Å². The maximum Gasteiger partial charge on any atom is 0.455 e. The zero-order chi connectivity index (χ0) is 14.8. The van der Waals surface area contributed by atoms with Gasteiger partial charge >= 0.3 is 12.1 Å². The van der Waals surface area contributed by atoms with Gasteiger partial charge in [-0.05, 0) is 18.2 Å². The molecule has 0 fully saturated rings. The molecule has 0 saturated heterocycles. The van der Waals surface area contributed by atoms with Gasteiger partial charge in [0.05, 0.1) is 14.2 Å². The van der Waals surface area contributed by atoms with Crippen LogP contribution in [-0.2, 0) is 0 Å². The summed E-state index contributed by atoms with van der Waals surface area (Å²) in [5, 5.41) is 0. The predicted molar refractivity (Wildman–Crippen MR) is 64.7 cm³/mol. The average molecular weight is 322 g/mol. The fourth-order valence-corrected chi connectivity index (χ4v) is 1.45. The average Bonchev–Trinajstić information content (AvgIpc) is 2.35. The molecule has 2 N–H and O–H groups in total. The standard InChI is InChI=1S/C11H12F5NO2.ClH/c1-18-6-3-4-8(19-2)7(5-6)9(17)10(12,13)11(14,15)16;/h3-5,9H,17H2,1-2H3;1H/t9-;/m1./s1. The number of hydrogen-bond donors (Lipinski definition) is 1. The Kier molecular flexibility index (Phi) is 6.03. The molecule has 1 aromatic carbocycles. The number of nitrogens with two attached hydrogens (primary N) is 1. The molecule has 0 aromatic heterocycles. The number of halogens is 6. The first-order chi connectivity index (χ1) is 8.65. The van der Waals surface area contributed by atoms with Gasteiger partial charge in [-0.2, -0.15) is 22.0 Å². The fraction of sp³-hybridized carbons (Fsp3) is 0.455. The maximum absolute atomic E-state index is 13.2. The van der Waals surface area contributed by atoms with Gasteiger partial charge in [0.25, 0.3) is 0 Å². The molecular formula is C11H13ClF5NO2. The van der Waals surface area contributed by atoms with Gasteiger partial charge in [0.2, 0.25) is 0 Å². The van der Waals surface area contributed by atoms with Gasteiger partial charge in [0.1, 0.15) is 17.5 Å². The molecule has 0 aliphatic carbocycles. The van der Waals surface area contributed by atoms with E-state index in [-0.39, 0.29) is 23.9 Å². The van der Waals surface area contributed by atoms with E-state index >= 15 is 0 Å². The molecule has 1 rings (SSSR count). The summed E-state index contributed by atoms with van der Waals surface area (Å²) in [5.74, 6) is -5.14. The molecule has 0 spiro atoms. The van der Waals surface area contributed by atoms with Crippen molar-refractivity contribution in [2.45, 2.75) is 18.1 Å². The van der Waals surface area contributed by atoms with Crippen LogP contribution in [-0.4, -0.2) is 26.3 Å². The molecular weight excluding hydrogens is 309 g/mol. The van der Waals surface area contributed by atoms with E-state index in [1.807, 2.05) is 0 Å². The molecule has 116 valence electrons. The second-order valence-electron chi connectivity index (χ2n) is 3.71. The molecule has 0 radical (unpaired) electrons. The molecule has 0 aliphatic heterocycles. The van der Waals surface area contributed by atoms with Crippen LogP contribution in [0.5, 0.6) is 11.5 Å². The van der Waals surface area contributed by atoms with Crippen LogP contribution in [0.2, 0.25) is 0 Å². The second kappa shape index (κ2) is 6.45. The minimum absolute atomic E-state index is 0. The van der Waals surface area contributed by atoms with Crippen molar-refractivity contribution in [2.24, 2.45) is 5.73 Å². The summed E-state index contributed by atoms with van der Waals surface area (Å²) < 4.78 is 72.8. The highest BCUT2D eigenvalue weighted by atomic mass is 35.5. The Morgan fingerprint density at radius 2 is 1.60 bits per heavy atom. The minimum Gasteiger partial charge on any atom is -0.497 e. The van der Waals surface area contributed by atoms with Crippen molar-refractivity contribution in [2.75, 3.05) is 14.2 Å². The van der Waals surface area contributed by atoms with Gasteiger partial charge < -0.3 is 15.2 Å². The fourth-order valence-electron chi connectivity index (χ4n) is 1.45. The maximum atomic E-state index is 13.2. The van der Waals surface area contributed by atoms with Gasteiger partial charge in [0.15, 0.2) is 0 Å². The van der Waals surface area contributed by atoms with Crippen LogP contribution in [0, 0.1) is 0 Å². The van der Waals surface area contributed by atoms with Crippen LogP contribution >= 0.6 is 12.4 Å². The first-order valence-electron chi connectivity index (χ1n) is 5.07. The summed E-state index contributed by atoms with van der Waals surface area (Å²) in [5.41, 5.74) is 4.57. The summed E-state index contributed by atoms with van der Waals surface area (Å²) in [6.07, 6.45) is -5.75. The highest BCUT2D eigenvalue weighted by Crippen LogP contribution is 2.45. The summed E-state index contributed by atoms with van der Waals surface area (Å²) in [6.45, 7) is 0. The highest BCUT2D eigenvalue weighted by Gasteiger charge is 2.62. The lowest BCUT2D eigenvalue weighted by Gasteiger charge is -2.27. The van der Waals surface area contributed by atoms with E-state index in [0.29, 0.717) is 0 Å². The molecule has 20 heavy (non-hydrogen) atoms. The molecule has 0 saturated carbocycles. The number of ether oxygens (including phenoxy) is 2. The van der Waals surface area contributed by atoms with Gasteiger partial charge in [0, 0.05) is 5.56 Å². The van der Waals surface area contributed by atoms with Crippen molar-refractivity contribution < 1.29 is 31.4 Å². The number of hydrogen-bond acceptors (Lipinski definition) is 3. The number of benzene rings is 1. The van der Waals surface area contributed by atoms with Crippen LogP contribution in [0.15, 0.2) is 18.2 Å². The molecule has 0 unspecified atom stereocenters. The van der Waals surface area contributed by atoms with Crippen LogP contribution in [0.3, 0.4) is 0 Å². The summed E-state index contributed by atoms with van der Waals surface area (Å²) in [6, 6.07) is 0.974. The third-order valence-electron chi connectivity index (χ3n) is 2.54. The largest absolute Gasteiger partial charge is 0.497 e. The first-order valence-corrected chi connectivity index (χ1v) is 5.07. The van der Waals surface area contributed by atoms with Crippen molar-refractivity contribution >= 4 is 12.4 Å². The topological polar surface area (TPSA) is 44.5 Å². The zero-order valence-corrected chi connectivity index (χ0v) is 11.3. The Bertz CT molecular complexity index is 453. The molecule has 0 bridgehead atoms. The van der Waals surface area contributed by atoms with Crippen LogP contribution in [0.4, 0.5) is 22.0 Å². The van der Waals surface area contributed by atoms with Gasteiger partial charge in [-0.1, -0.05) is 0 Å². The third kappa shape index (κ3) is 3.43. The van der Waals surface area contributed by atoms with Crippen LogP contribution in [0.1, 0.15) is 11.6 Å². The number of rotatable bonds is 4. The Balaban J connectivity index is 0.00000361. The number of methoxy groups -OCH3 is 2. The summed E-state index contributed by atoms with van der Waals surface area (Å²) in [7, 11) is 2.39. The normalized spacial score (nSPS) is 13.4. The SMILES string of the molecule is COc1ccc(OC)c([C@@H](N)C(F)(F)C(F)(F)F)c1.Cl. The second-order valence-corrected chi connectivity index (χ2v) is 3.71. The quantitative estimate of drug-likeness (QED) is 0.865. The Morgan fingerprint density at radius 1 is 1.05 bits per heavy atom. The van der Waals surface area contributed by atoms with E-state index in [4.69, 9.17) is 15.2 Å². The minimum atomic E-state index is -5.75. The smallest absolute Gasteiger partial charge is 0.455 e. The Morgan fingerprint density at radius 3 is 2.00 bits per heavy atom. The van der Waals surface area contributed by atoms with E-state index in [1.54, 1.807) is 0 Å². The van der Waals surface area contributed by atoms with Gasteiger partial charge in [-0.3, -0.25) is 0 Å². The monoisotopic (exact) mass is 321 g/mol.